The Morgan fingerprint density at radius 3 is 1.95 bits per heavy atom. The highest BCUT2D eigenvalue weighted by Crippen LogP contribution is 2.67. The van der Waals surface area contributed by atoms with Gasteiger partial charge in [-0.15, -0.1) is 0 Å². The molecule has 5 aliphatic rings. The van der Waals surface area contributed by atoms with Gasteiger partial charge in [-0.3, -0.25) is 0 Å². The van der Waals surface area contributed by atoms with Crippen molar-refractivity contribution in [1.29, 1.82) is 0 Å². The number of hydrogen-bond acceptors (Lipinski definition) is 1. The van der Waals surface area contributed by atoms with E-state index in [9.17, 15) is 0 Å². The molecular weight excluding hydrogens is 771 g/mol. The summed E-state index contributed by atoms with van der Waals surface area (Å²) in [5.41, 5.74) is 19.5. The molecule has 0 bridgehead atoms. The highest BCUT2D eigenvalue weighted by atomic mass is 15.2. The average Bonchev–Trinajstić information content (AvgIpc) is 3.79. The van der Waals surface area contributed by atoms with Crippen molar-refractivity contribution in [3.63, 3.8) is 0 Å². The van der Waals surface area contributed by atoms with Crippen LogP contribution in [-0.2, 0) is 16.2 Å². The van der Waals surface area contributed by atoms with Crippen LogP contribution in [0.2, 0.25) is 0 Å². The molecule has 0 aromatic heterocycles. The van der Waals surface area contributed by atoms with Crippen molar-refractivity contribution in [2.24, 2.45) is 5.92 Å². The second-order valence-electron chi connectivity index (χ2n) is 19.0. The molecule has 0 N–H and O–H groups in total. The van der Waals surface area contributed by atoms with E-state index >= 15 is 0 Å². The van der Waals surface area contributed by atoms with Crippen LogP contribution in [0.3, 0.4) is 0 Å². The van der Waals surface area contributed by atoms with Crippen LogP contribution in [0.15, 0.2) is 230 Å². The van der Waals surface area contributed by atoms with Gasteiger partial charge in [0.15, 0.2) is 0 Å². The first kappa shape index (κ1) is 37.3. The normalized spacial score (nSPS) is 22.9. The number of nitrogens with zero attached hydrogens (tertiary/aromatic N) is 1. The van der Waals surface area contributed by atoms with Gasteiger partial charge in [-0.2, -0.15) is 0 Å². The van der Waals surface area contributed by atoms with Crippen molar-refractivity contribution in [2.75, 3.05) is 4.90 Å². The van der Waals surface area contributed by atoms with Crippen LogP contribution in [0.1, 0.15) is 82.3 Å². The molecule has 0 heterocycles. The number of hydrogen-bond donors (Lipinski definition) is 0. The van der Waals surface area contributed by atoms with Gasteiger partial charge in [0, 0.05) is 28.1 Å². The maximum Gasteiger partial charge on any atom is 0.0708 e. The molecule has 0 spiro atoms. The summed E-state index contributed by atoms with van der Waals surface area (Å²) in [6.45, 7) is 4.80. The molecule has 1 nitrogen and oxygen atoms in total. The summed E-state index contributed by atoms with van der Waals surface area (Å²) in [7, 11) is 0. The smallest absolute Gasteiger partial charge is 0.0708 e. The first-order valence-corrected chi connectivity index (χ1v) is 23.1. The molecule has 13 rings (SSSR count). The summed E-state index contributed by atoms with van der Waals surface area (Å²) in [5.74, 6) is 0.291. The molecule has 306 valence electrons. The second kappa shape index (κ2) is 13.9. The topological polar surface area (TPSA) is 3.24 Å². The second-order valence-corrected chi connectivity index (χ2v) is 19.0. The lowest BCUT2D eigenvalue weighted by molar-refractivity contribution is 0.454. The van der Waals surface area contributed by atoms with Crippen LogP contribution >= 0.6 is 0 Å². The molecule has 64 heavy (non-hydrogen) atoms. The van der Waals surface area contributed by atoms with E-state index in [-0.39, 0.29) is 16.9 Å². The fourth-order valence-corrected chi connectivity index (χ4v) is 13.2. The SMILES string of the molecule is CC1(C)C2=CC(N(c3ccc(C4(c5ccccc5)c5ccccc5C5(c6ccccc6)c6c(cccc64)C4=CC=CCC45)cc3)c3cccc4ccccc34)CC=C2c2ccccc21. The van der Waals surface area contributed by atoms with Crippen LogP contribution in [0, 0.1) is 5.92 Å². The van der Waals surface area contributed by atoms with E-state index in [1.54, 1.807) is 0 Å². The van der Waals surface area contributed by atoms with Crippen molar-refractivity contribution < 1.29 is 0 Å². The lowest BCUT2D eigenvalue weighted by Gasteiger charge is -2.51. The van der Waals surface area contributed by atoms with E-state index in [4.69, 9.17) is 0 Å². The van der Waals surface area contributed by atoms with Gasteiger partial charge in [0.05, 0.1) is 16.9 Å². The van der Waals surface area contributed by atoms with Crippen LogP contribution in [0.5, 0.6) is 0 Å². The quantitative estimate of drug-likeness (QED) is 0.162. The number of allylic oxidation sites excluding steroid dienone is 6. The van der Waals surface area contributed by atoms with Crippen molar-refractivity contribution in [2.45, 2.75) is 49.0 Å². The maximum absolute atomic E-state index is 2.63. The van der Waals surface area contributed by atoms with Gasteiger partial charge in [-0.1, -0.05) is 220 Å². The Morgan fingerprint density at radius 2 is 1.14 bits per heavy atom. The van der Waals surface area contributed by atoms with Gasteiger partial charge >= 0.3 is 0 Å². The molecular formula is C63H49N. The summed E-state index contributed by atoms with van der Waals surface area (Å²) < 4.78 is 0. The summed E-state index contributed by atoms with van der Waals surface area (Å²) in [4.78, 5) is 2.63. The Balaban J connectivity index is 1.05. The maximum atomic E-state index is 2.63. The highest BCUT2D eigenvalue weighted by Gasteiger charge is 2.60. The lowest BCUT2D eigenvalue weighted by Crippen LogP contribution is -2.46. The van der Waals surface area contributed by atoms with Crippen molar-refractivity contribution >= 4 is 33.3 Å². The van der Waals surface area contributed by atoms with Gasteiger partial charge < -0.3 is 4.90 Å². The Labute approximate surface area is 377 Å². The van der Waals surface area contributed by atoms with E-state index < -0.39 is 5.41 Å². The molecule has 8 aromatic rings. The summed E-state index contributed by atoms with van der Waals surface area (Å²) in [5, 5.41) is 2.52. The largest absolute Gasteiger partial charge is 0.334 e. The zero-order valence-electron chi connectivity index (χ0n) is 36.4. The molecule has 5 aliphatic carbocycles. The van der Waals surface area contributed by atoms with Crippen molar-refractivity contribution in [1.82, 2.24) is 0 Å². The molecule has 8 aromatic carbocycles. The van der Waals surface area contributed by atoms with E-state index in [0.29, 0.717) is 5.92 Å². The minimum atomic E-state index is -0.574. The lowest BCUT2D eigenvalue weighted by atomic mass is 9.50. The minimum absolute atomic E-state index is 0.0830. The third-order valence-electron chi connectivity index (χ3n) is 15.8. The molecule has 0 amide bonds. The molecule has 0 fully saturated rings. The first-order chi connectivity index (χ1) is 31.5. The van der Waals surface area contributed by atoms with E-state index in [1.165, 1.54) is 94.5 Å². The number of fused-ring (bicyclic) bond motifs is 9. The zero-order chi connectivity index (χ0) is 42.6. The van der Waals surface area contributed by atoms with Crippen molar-refractivity contribution in [3.8, 4) is 0 Å². The molecule has 0 saturated heterocycles. The van der Waals surface area contributed by atoms with Crippen LogP contribution < -0.4 is 4.90 Å². The van der Waals surface area contributed by atoms with E-state index in [0.717, 1.165) is 12.8 Å². The monoisotopic (exact) mass is 819 g/mol. The predicted molar refractivity (Wildman–Crippen MR) is 266 cm³/mol. The van der Waals surface area contributed by atoms with E-state index in [2.05, 4.69) is 243 Å². The molecule has 4 atom stereocenters. The van der Waals surface area contributed by atoms with Crippen molar-refractivity contribution in [3.05, 3.63) is 286 Å². The summed E-state index contributed by atoms with van der Waals surface area (Å²) in [6.07, 6.45) is 14.1. The van der Waals surface area contributed by atoms with Gasteiger partial charge in [-0.05, 0) is 109 Å². The van der Waals surface area contributed by atoms with E-state index in [1.807, 2.05) is 0 Å². The van der Waals surface area contributed by atoms with Crippen LogP contribution in [0.25, 0.3) is 21.9 Å². The van der Waals surface area contributed by atoms with Gasteiger partial charge in [0.25, 0.3) is 0 Å². The Kier molecular flexibility index (Phi) is 8.10. The zero-order valence-corrected chi connectivity index (χ0v) is 36.4. The third kappa shape index (κ3) is 4.90. The van der Waals surface area contributed by atoms with Crippen LogP contribution in [-0.4, -0.2) is 6.04 Å². The third-order valence-corrected chi connectivity index (χ3v) is 15.8. The minimum Gasteiger partial charge on any atom is -0.334 e. The highest BCUT2D eigenvalue weighted by molar-refractivity contribution is 5.98. The average molecular weight is 820 g/mol. The van der Waals surface area contributed by atoms with Gasteiger partial charge in [0.1, 0.15) is 0 Å². The van der Waals surface area contributed by atoms with Crippen LogP contribution in [0.4, 0.5) is 11.4 Å². The number of anilines is 2. The molecule has 0 saturated carbocycles. The number of benzene rings is 8. The summed E-state index contributed by atoms with van der Waals surface area (Å²) in [6, 6.07) is 74.0. The fraction of sp³-hybridized carbons (Fsp3) is 0.143. The molecule has 1 heteroatoms. The Morgan fingerprint density at radius 1 is 0.516 bits per heavy atom. The fourth-order valence-electron chi connectivity index (χ4n) is 13.2. The number of rotatable bonds is 6. The standard InChI is InChI=1S/C63H49N/c1-61(2)53-29-13-11-26-49(53)51-40-39-47(41-58(51)61)64(59-34-17-20-42-19-9-10-25-48(42)59)46-37-35-45(36-38-46)62(43-21-5-3-6-22-43)55-31-15-16-32-56(55)63(44-23-7-4-8-24-44)54-30-14-12-27-50(54)52-28-18-33-57(62)60(52)63/h3-29,31-38,40-41,47,54H,30,39H2,1-2H3. The first-order valence-electron chi connectivity index (χ1n) is 23.1. The Bertz CT molecular complexity index is 3300. The molecule has 4 unspecified atom stereocenters. The van der Waals surface area contributed by atoms with Gasteiger partial charge in [0.2, 0.25) is 0 Å². The van der Waals surface area contributed by atoms with Gasteiger partial charge in [-0.25, -0.2) is 0 Å². The molecule has 0 radical (unpaired) electrons. The Hall–Kier alpha value is -7.22. The summed E-state index contributed by atoms with van der Waals surface area (Å²) >= 11 is 0. The predicted octanol–water partition coefficient (Wildman–Crippen LogP) is 15.1. The molecule has 0 aliphatic heterocycles.